The highest BCUT2D eigenvalue weighted by Gasteiger charge is 2.22. The first-order valence-corrected chi connectivity index (χ1v) is 7.09. The van der Waals surface area contributed by atoms with E-state index in [4.69, 9.17) is 4.74 Å². The van der Waals surface area contributed by atoms with Crippen molar-refractivity contribution in [1.82, 2.24) is 10.6 Å². The van der Waals surface area contributed by atoms with E-state index in [0.717, 1.165) is 29.8 Å². The number of benzene rings is 1. The van der Waals surface area contributed by atoms with Gasteiger partial charge in [0.05, 0.1) is 6.61 Å². The van der Waals surface area contributed by atoms with Crippen LogP contribution in [0.15, 0.2) is 41.9 Å². The van der Waals surface area contributed by atoms with Gasteiger partial charge in [0.15, 0.2) is 5.96 Å². The Balaban J connectivity index is 0.00000220. The second-order valence-electron chi connectivity index (χ2n) is 4.96. The summed E-state index contributed by atoms with van der Waals surface area (Å²) in [6.45, 7) is 5.90. The molecule has 2 rings (SSSR count). The van der Waals surface area contributed by atoms with Crippen molar-refractivity contribution in [2.45, 2.75) is 19.4 Å². The average Bonchev–Trinajstić information content (AvgIpc) is 3.30. The Hall–Kier alpha value is -1.24. The van der Waals surface area contributed by atoms with Crippen molar-refractivity contribution >= 4 is 29.9 Å². The van der Waals surface area contributed by atoms with Gasteiger partial charge in [-0.25, -0.2) is 0 Å². The Kier molecular flexibility index (Phi) is 8.19. The van der Waals surface area contributed by atoms with E-state index in [1.165, 1.54) is 12.8 Å². The largest absolute Gasteiger partial charge is 0.493 e. The maximum absolute atomic E-state index is 5.89. The van der Waals surface area contributed by atoms with Gasteiger partial charge in [-0.1, -0.05) is 24.3 Å². The maximum atomic E-state index is 5.89. The Morgan fingerprint density at radius 1 is 1.38 bits per heavy atom. The second-order valence-corrected chi connectivity index (χ2v) is 4.96. The number of nitrogens with zero attached hydrogens (tertiary/aromatic N) is 1. The number of para-hydroxylation sites is 1. The quantitative estimate of drug-likeness (QED) is 0.320. The predicted molar refractivity (Wildman–Crippen MR) is 98.5 cm³/mol. The molecule has 1 aromatic carbocycles. The van der Waals surface area contributed by atoms with Crippen LogP contribution >= 0.6 is 24.0 Å². The average molecular weight is 401 g/mol. The van der Waals surface area contributed by atoms with Crippen LogP contribution < -0.4 is 15.4 Å². The Bertz CT molecular complexity index is 472. The van der Waals surface area contributed by atoms with Crippen molar-refractivity contribution in [2.24, 2.45) is 10.9 Å². The maximum Gasteiger partial charge on any atom is 0.191 e. The molecule has 5 heteroatoms. The van der Waals surface area contributed by atoms with E-state index in [2.05, 4.69) is 28.3 Å². The van der Waals surface area contributed by atoms with Gasteiger partial charge >= 0.3 is 0 Å². The van der Waals surface area contributed by atoms with Crippen LogP contribution in [0, 0.1) is 5.92 Å². The topological polar surface area (TPSA) is 45.7 Å². The number of ether oxygens (including phenoxy) is 1. The van der Waals surface area contributed by atoms with Crippen LogP contribution in [0.25, 0.3) is 0 Å². The number of halogens is 1. The smallest absolute Gasteiger partial charge is 0.191 e. The van der Waals surface area contributed by atoms with Crippen molar-refractivity contribution in [3.63, 3.8) is 0 Å². The van der Waals surface area contributed by atoms with E-state index in [-0.39, 0.29) is 24.0 Å². The molecular weight excluding hydrogens is 377 g/mol. The van der Waals surface area contributed by atoms with Crippen molar-refractivity contribution in [2.75, 3.05) is 20.2 Å². The van der Waals surface area contributed by atoms with Gasteiger partial charge in [0, 0.05) is 25.7 Å². The number of hydrogen-bond donors (Lipinski definition) is 2. The molecule has 1 aromatic rings. The zero-order chi connectivity index (χ0) is 14.2. The third kappa shape index (κ3) is 6.37. The minimum absolute atomic E-state index is 0. The summed E-state index contributed by atoms with van der Waals surface area (Å²) in [5.74, 6) is 2.49. The van der Waals surface area contributed by atoms with Gasteiger partial charge in [-0.05, 0) is 24.8 Å². The molecule has 1 fully saturated rings. The normalized spacial score (nSPS) is 14.0. The monoisotopic (exact) mass is 401 g/mol. The number of hydrogen-bond acceptors (Lipinski definition) is 2. The lowest BCUT2D eigenvalue weighted by Crippen LogP contribution is -2.36. The first kappa shape index (κ1) is 17.8. The first-order valence-electron chi connectivity index (χ1n) is 7.09. The molecule has 1 saturated carbocycles. The molecule has 2 N–H and O–H groups in total. The van der Waals surface area contributed by atoms with Crippen LogP contribution in [0.4, 0.5) is 0 Å². The summed E-state index contributed by atoms with van der Waals surface area (Å²) in [5.41, 5.74) is 1.15. The molecule has 0 bridgehead atoms. The predicted octanol–water partition coefficient (Wildman–Crippen LogP) is 2.94. The molecule has 4 nitrogen and oxygen atoms in total. The summed E-state index contributed by atoms with van der Waals surface area (Å²) in [6, 6.07) is 8.15. The fourth-order valence-corrected chi connectivity index (χ4v) is 1.85. The number of rotatable bonds is 7. The summed E-state index contributed by atoms with van der Waals surface area (Å²) in [5, 5.41) is 6.42. The minimum Gasteiger partial charge on any atom is -0.493 e. The van der Waals surface area contributed by atoms with Crippen molar-refractivity contribution in [3.8, 4) is 5.75 Å². The fourth-order valence-electron chi connectivity index (χ4n) is 1.85. The molecule has 0 aromatic heterocycles. The Morgan fingerprint density at radius 3 is 2.81 bits per heavy atom. The van der Waals surface area contributed by atoms with E-state index in [1.807, 2.05) is 18.2 Å². The van der Waals surface area contributed by atoms with Crippen LogP contribution in [-0.2, 0) is 6.54 Å². The zero-order valence-corrected chi connectivity index (χ0v) is 14.8. The zero-order valence-electron chi connectivity index (χ0n) is 12.5. The molecule has 0 aliphatic heterocycles. The van der Waals surface area contributed by atoms with Crippen LogP contribution in [0.2, 0.25) is 0 Å². The lowest BCUT2D eigenvalue weighted by Gasteiger charge is -2.14. The second kappa shape index (κ2) is 9.65. The molecule has 0 saturated heterocycles. The fraction of sp³-hybridized carbons (Fsp3) is 0.438. The summed E-state index contributed by atoms with van der Waals surface area (Å²) < 4.78 is 5.89. The van der Waals surface area contributed by atoms with Gasteiger partial charge in [-0.3, -0.25) is 4.99 Å². The first-order chi connectivity index (χ1) is 9.83. The van der Waals surface area contributed by atoms with E-state index < -0.39 is 0 Å². The van der Waals surface area contributed by atoms with Gasteiger partial charge in [-0.15, -0.1) is 30.6 Å². The highest BCUT2D eigenvalue weighted by Crippen LogP contribution is 2.30. The summed E-state index contributed by atoms with van der Waals surface area (Å²) in [4.78, 5) is 4.16. The van der Waals surface area contributed by atoms with Crippen molar-refractivity contribution < 1.29 is 4.74 Å². The van der Waals surface area contributed by atoms with Crippen LogP contribution in [0.3, 0.4) is 0 Å². The van der Waals surface area contributed by atoms with E-state index in [0.29, 0.717) is 13.1 Å². The highest BCUT2D eigenvalue weighted by atomic mass is 127. The van der Waals surface area contributed by atoms with Crippen LogP contribution in [0.1, 0.15) is 18.4 Å². The van der Waals surface area contributed by atoms with E-state index in [9.17, 15) is 0 Å². The molecule has 0 unspecified atom stereocenters. The molecule has 0 atom stereocenters. The van der Waals surface area contributed by atoms with Gasteiger partial charge in [0.1, 0.15) is 5.75 Å². The number of guanidine groups is 1. The Morgan fingerprint density at radius 2 is 2.14 bits per heavy atom. The molecule has 1 aliphatic carbocycles. The molecule has 0 heterocycles. The minimum atomic E-state index is 0. The third-order valence-corrected chi connectivity index (χ3v) is 3.23. The third-order valence-electron chi connectivity index (χ3n) is 3.23. The summed E-state index contributed by atoms with van der Waals surface area (Å²) >= 11 is 0. The van der Waals surface area contributed by atoms with Crippen LogP contribution in [-0.4, -0.2) is 26.2 Å². The molecular formula is C16H24IN3O. The molecule has 0 radical (unpaired) electrons. The number of nitrogens with one attached hydrogen (secondary N) is 2. The summed E-state index contributed by atoms with van der Waals surface area (Å²) in [7, 11) is 1.76. The lowest BCUT2D eigenvalue weighted by atomic mass is 10.2. The SMILES string of the molecule is C=CCNC(=NC)NCc1ccccc1OCC1CC1.I. The van der Waals surface area contributed by atoms with Gasteiger partial charge < -0.3 is 15.4 Å². The standard InChI is InChI=1S/C16H23N3O.HI/c1-3-10-18-16(17-2)19-11-14-6-4-5-7-15(14)20-12-13-8-9-13;/h3-7,13H,1,8-12H2,2H3,(H2,17,18,19);1H. The van der Waals surface area contributed by atoms with Crippen molar-refractivity contribution in [1.29, 1.82) is 0 Å². The van der Waals surface area contributed by atoms with Crippen molar-refractivity contribution in [3.05, 3.63) is 42.5 Å². The van der Waals surface area contributed by atoms with Gasteiger partial charge in [0.2, 0.25) is 0 Å². The number of aliphatic imine (C=N–C) groups is 1. The van der Waals surface area contributed by atoms with E-state index >= 15 is 0 Å². The Labute approximate surface area is 144 Å². The van der Waals surface area contributed by atoms with Gasteiger partial charge in [0.25, 0.3) is 0 Å². The molecule has 21 heavy (non-hydrogen) atoms. The van der Waals surface area contributed by atoms with Crippen LogP contribution in [0.5, 0.6) is 5.75 Å². The van der Waals surface area contributed by atoms with Gasteiger partial charge in [-0.2, -0.15) is 0 Å². The molecule has 1 aliphatic rings. The molecule has 0 spiro atoms. The lowest BCUT2D eigenvalue weighted by molar-refractivity contribution is 0.296. The summed E-state index contributed by atoms with van der Waals surface area (Å²) in [6.07, 6.45) is 4.41. The molecule has 116 valence electrons. The highest BCUT2D eigenvalue weighted by molar-refractivity contribution is 14.0. The van der Waals surface area contributed by atoms with E-state index in [1.54, 1.807) is 13.1 Å². The molecule has 0 amide bonds.